The van der Waals surface area contributed by atoms with Gasteiger partial charge in [0.15, 0.2) is 11.2 Å². The molecule has 2 aliphatic heterocycles. The topological polar surface area (TPSA) is 102 Å². The predicted molar refractivity (Wildman–Crippen MR) is 117 cm³/mol. The Hall–Kier alpha value is -3.66. The molecule has 3 atom stereocenters. The third-order valence-corrected chi connectivity index (χ3v) is 6.62. The van der Waals surface area contributed by atoms with Crippen LogP contribution in [0.25, 0.3) is 0 Å². The molecule has 2 aliphatic rings. The summed E-state index contributed by atoms with van der Waals surface area (Å²) in [5, 5.41) is 18.7. The molecule has 3 aromatic rings. The monoisotopic (exact) mass is 452 g/mol. The number of aryl methyl sites for hydroxylation is 1. The predicted octanol–water partition coefficient (Wildman–Crippen LogP) is 3.70. The summed E-state index contributed by atoms with van der Waals surface area (Å²) in [5.74, 6) is -2.57. The summed E-state index contributed by atoms with van der Waals surface area (Å²) in [5.41, 5.74) is 0.217. The van der Waals surface area contributed by atoms with Crippen molar-refractivity contribution in [1.82, 2.24) is 10.5 Å². The van der Waals surface area contributed by atoms with Crippen molar-refractivity contribution in [2.75, 3.05) is 11.9 Å². The zero-order chi connectivity index (χ0) is 22.8. The van der Waals surface area contributed by atoms with Crippen molar-refractivity contribution in [2.24, 2.45) is 0 Å². The second-order valence-corrected chi connectivity index (χ2v) is 8.37. The van der Waals surface area contributed by atoms with Crippen LogP contribution in [-0.4, -0.2) is 28.0 Å². The number of amides is 1. The van der Waals surface area contributed by atoms with E-state index in [4.69, 9.17) is 16.7 Å². The fourth-order valence-corrected chi connectivity index (χ4v) is 5.39. The summed E-state index contributed by atoms with van der Waals surface area (Å²) >= 11 is 5.63. The first-order valence-electron chi connectivity index (χ1n) is 9.83. The van der Waals surface area contributed by atoms with E-state index in [1.807, 2.05) is 12.1 Å². The van der Waals surface area contributed by atoms with E-state index >= 15 is 0 Å². The molecular formula is C22H17FN4O4S. The van der Waals surface area contributed by atoms with Crippen LogP contribution in [-0.2, 0) is 10.3 Å². The summed E-state index contributed by atoms with van der Waals surface area (Å²) in [6.45, 7) is 1.47. The van der Waals surface area contributed by atoms with Gasteiger partial charge in [-0.2, -0.15) is 0 Å². The second-order valence-electron chi connectivity index (χ2n) is 7.93. The molecule has 0 unspecified atom stereocenters. The Morgan fingerprint density at radius 3 is 2.75 bits per heavy atom. The van der Waals surface area contributed by atoms with Crippen LogP contribution in [0.2, 0.25) is 0 Å². The number of benzene rings is 2. The summed E-state index contributed by atoms with van der Waals surface area (Å²) in [4.78, 5) is 26.7. The Balaban J connectivity index is 1.82. The van der Waals surface area contributed by atoms with Gasteiger partial charge in [0.05, 0.1) is 15.8 Å². The Morgan fingerprint density at radius 2 is 2.03 bits per heavy atom. The minimum atomic E-state index is -1.38. The summed E-state index contributed by atoms with van der Waals surface area (Å²) in [7, 11) is 1.65. The number of hydrogen-bond donors (Lipinski definition) is 1. The van der Waals surface area contributed by atoms with Gasteiger partial charge in [0.25, 0.3) is 5.91 Å². The van der Waals surface area contributed by atoms with E-state index in [1.165, 1.54) is 30.0 Å². The number of anilines is 1. The van der Waals surface area contributed by atoms with Crippen molar-refractivity contribution < 1.29 is 18.6 Å². The lowest BCUT2D eigenvalue weighted by Crippen LogP contribution is -2.50. The second kappa shape index (κ2) is 6.92. The number of likely N-dealkylation sites (N-methyl/N-ethyl adjacent to an activating group) is 1. The van der Waals surface area contributed by atoms with E-state index in [0.717, 1.165) is 0 Å². The molecule has 1 saturated heterocycles. The van der Waals surface area contributed by atoms with E-state index in [1.54, 1.807) is 25.2 Å². The molecule has 5 rings (SSSR count). The van der Waals surface area contributed by atoms with Crippen molar-refractivity contribution in [3.63, 3.8) is 0 Å². The number of para-hydroxylation sites is 1. The van der Waals surface area contributed by atoms with Crippen LogP contribution in [0.3, 0.4) is 0 Å². The Kier molecular flexibility index (Phi) is 4.38. The number of aromatic nitrogens is 1. The number of hydrogen-bond acceptors (Lipinski definition) is 6. The number of nitrogens with zero attached hydrogens (tertiary/aromatic N) is 3. The first-order chi connectivity index (χ1) is 15.3. The first-order valence-corrected chi connectivity index (χ1v) is 10.2. The molecule has 10 heteroatoms. The zero-order valence-corrected chi connectivity index (χ0v) is 17.9. The maximum absolute atomic E-state index is 14.3. The molecule has 32 heavy (non-hydrogen) atoms. The largest absolute Gasteiger partial charge is 0.361 e. The average molecular weight is 452 g/mol. The van der Waals surface area contributed by atoms with Gasteiger partial charge in [0.1, 0.15) is 5.82 Å². The molecule has 1 fully saturated rings. The van der Waals surface area contributed by atoms with Gasteiger partial charge in [-0.15, -0.1) is 0 Å². The first kappa shape index (κ1) is 20.3. The molecule has 1 aromatic heterocycles. The van der Waals surface area contributed by atoms with Crippen LogP contribution in [0, 0.1) is 22.9 Å². The normalized spacial score (nSPS) is 24.2. The molecule has 162 valence electrons. The number of carbonyl (C=O) groups excluding carboxylic acids is 1. The molecule has 1 spiro atoms. The molecule has 1 amide bonds. The van der Waals surface area contributed by atoms with Crippen LogP contribution >= 0.6 is 12.2 Å². The maximum atomic E-state index is 14.3. The summed E-state index contributed by atoms with van der Waals surface area (Å²) in [6, 6.07) is 13.1. The van der Waals surface area contributed by atoms with Gasteiger partial charge >= 0.3 is 5.69 Å². The molecular weight excluding hydrogens is 435 g/mol. The molecule has 0 radical (unpaired) electrons. The summed E-state index contributed by atoms with van der Waals surface area (Å²) in [6.07, 6.45) is 0. The van der Waals surface area contributed by atoms with Crippen LogP contribution in [0.4, 0.5) is 15.8 Å². The fourth-order valence-electron chi connectivity index (χ4n) is 4.98. The average Bonchev–Trinajstić information content (AvgIpc) is 3.35. The standard InChI is InChI=1S/C22H17FN4O4S/c1-11-18(27(29)30)19(31-25-11)16-17(12-6-5-7-13(23)10-12)22(24-20(16)32)14-8-3-4-9-15(14)26(2)21(22)28/h3-10,16-17H,1-2H3,(H,24,32)/t16-,17+,22-/m0/s1. The van der Waals surface area contributed by atoms with Crippen molar-refractivity contribution in [3.05, 3.63) is 87.0 Å². The lowest BCUT2D eigenvalue weighted by atomic mass is 9.71. The number of nitro groups is 1. The minimum absolute atomic E-state index is 0.0593. The third-order valence-electron chi connectivity index (χ3n) is 6.26. The highest BCUT2D eigenvalue weighted by molar-refractivity contribution is 7.80. The quantitative estimate of drug-likeness (QED) is 0.367. The number of fused-ring (bicyclic) bond motifs is 2. The highest BCUT2D eigenvalue weighted by atomic mass is 32.1. The molecule has 0 aliphatic carbocycles. The van der Waals surface area contributed by atoms with E-state index in [9.17, 15) is 19.3 Å². The lowest BCUT2D eigenvalue weighted by Gasteiger charge is -2.31. The van der Waals surface area contributed by atoms with E-state index in [0.29, 0.717) is 16.8 Å². The van der Waals surface area contributed by atoms with Gasteiger partial charge in [-0.05, 0) is 30.7 Å². The van der Waals surface area contributed by atoms with Crippen LogP contribution in [0.5, 0.6) is 0 Å². The highest BCUT2D eigenvalue weighted by Gasteiger charge is 2.64. The van der Waals surface area contributed by atoms with Crippen molar-refractivity contribution in [1.29, 1.82) is 0 Å². The smallest absolute Gasteiger partial charge is 0.335 e. The number of rotatable bonds is 3. The fraction of sp³-hybridized carbons (Fsp3) is 0.227. The lowest BCUT2D eigenvalue weighted by molar-refractivity contribution is -0.386. The molecule has 1 N–H and O–H groups in total. The van der Waals surface area contributed by atoms with Crippen molar-refractivity contribution in [3.8, 4) is 0 Å². The van der Waals surface area contributed by atoms with Gasteiger partial charge in [0, 0.05) is 24.2 Å². The van der Waals surface area contributed by atoms with E-state index in [-0.39, 0.29) is 28.0 Å². The highest BCUT2D eigenvalue weighted by Crippen LogP contribution is 2.58. The van der Waals surface area contributed by atoms with E-state index in [2.05, 4.69) is 10.5 Å². The Bertz CT molecular complexity index is 1310. The zero-order valence-electron chi connectivity index (χ0n) is 17.0. The molecule has 0 bridgehead atoms. The number of nitrogens with one attached hydrogen (secondary N) is 1. The van der Waals surface area contributed by atoms with Crippen LogP contribution < -0.4 is 10.2 Å². The molecule has 2 aromatic carbocycles. The number of thiocarbonyl (C=S) groups is 1. The van der Waals surface area contributed by atoms with Crippen molar-refractivity contribution in [2.45, 2.75) is 24.3 Å². The molecule has 3 heterocycles. The Labute approximate surface area is 187 Å². The van der Waals surface area contributed by atoms with Crippen molar-refractivity contribution >= 4 is 34.5 Å². The van der Waals surface area contributed by atoms with Gasteiger partial charge in [0.2, 0.25) is 5.76 Å². The van der Waals surface area contributed by atoms with E-state index < -0.39 is 28.1 Å². The third kappa shape index (κ3) is 2.56. The maximum Gasteiger partial charge on any atom is 0.335 e. The molecule has 8 nitrogen and oxygen atoms in total. The molecule has 0 saturated carbocycles. The summed E-state index contributed by atoms with van der Waals surface area (Å²) < 4.78 is 19.7. The van der Waals surface area contributed by atoms with Crippen LogP contribution in [0.1, 0.15) is 34.4 Å². The number of carbonyl (C=O) groups is 1. The van der Waals surface area contributed by atoms with Crippen LogP contribution in [0.15, 0.2) is 53.1 Å². The Morgan fingerprint density at radius 1 is 1.28 bits per heavy atom. The van der Waals surface area contributed by atoms with Gasteiger partial charge < -0.3 is 14.7 Å². The van der Waals surface area contributed by atoms with Gasteiger partial charge in [-0.3, -0.25) is 14.9 Å². The van der Waals surface area contributed by atoms with Gasteiger partial charge in [-0.25, -0.2) is 4.39 Å². The minimum Gasteiger partial charge on any atom is -0.361 e. The SMILES string of the molecule is Cc1noc([C@H]2C(=S)N[C@]3(C(=O)N(C)c4ccccc43)[C@@H]2c2cccc(F)c2)c1[N+](=O)[O-]. The van der Waals surface area contributed by atoms with Gasteiger partial charge in [-0.1, -0.05) is 47.7 Å². The number of halogens is 1.